The van der Waals surface area contributed by atoms with Crippen molar-refractivity contribution < 1.29 is 26.5 Å². The average Bonchev–Trinajstić information content (AvgIpc) is 3.94. The molecule has 3 aromatic carbocycles. The number of halogens is 1. The summed E-state index contributed by atoms with van der Waals surface area (Å²) in [4.78, 5) is 0. The maximum Gasteiger partial charge on any atom is 0.157 e. The topological polar surface area (TPSA) is 18.5 Å². The Bertz CT molecular complexity index is 1570. The van der Waals surface area contributed by atoms with Crippen molar-refractivity contribution in [2.75, 3.05) is 19.4 Å². The van der Waals surface area contributed by atoms with Crippen molar-refractivity contribution in [3.8, 4) is 0 Å². The van der Waals surface area contributed by atoms with E-state index in [1.54, 1.807) is 0 Å². The number of benzene rings is 3. The van der Waals surface area contributed by atoms with E-state index >= 15 is 0 Å². The zero-order valence-electron chi connectivity index (χ0n) is 46.2. The van der Waals surface area contributed by atoms with E-state index in [1.807, 2.05) is 0 Å². The summed E-state index contributed by atoms with van der Waals surface area (Å²) in [6, 6.07) is 34.2. The Morgan fingerprint density at radius 2 is 0.514 bits per heavy atom. The first kappa shape index (κ1) is 64.0. The summed E-state index contributed by atoms with van der Waals surface area (Å²) in [6.45, 7) is 1.57. The van der Waals surface area contributed by atoms with Crippen LogP contribution in [0.25, 0.3) is 0 Å². The van der Waals surface area contributed by atoms with Gasteiger partial charge in [0.25, 0.3) is 0 Å². The Labute approximate surface area is 457 Å². The Morgan fingerprint density at radius 1 is 0.292 bits per heavy atom. The molecule has 0 atom stereocenters. The van der Waals surface area contributed by atoms with E-state index in [-0.39, 0.29) is 23.3 Å². The lowest BCUT2D eigenvalue weighted by atomic mass is 10.0. The minimum atomic E-state index is -1.67. The summed E-state index contributed by atoms with van der Waals surface area (Å²) < 4.78 is 11.0. The molecular formula is C68H108BrO2P. The predicted octanol–water partition coefficient (Wildman–Crippen LogP) is 17.6. The molecule has 1 aliphatic heterocycles. The highest BCUT2D eigenvalue weighted by Crippen LogP contribution is 2.56. The molecular weight excluding hydrogens is 960 g/mol. The quantitative estimate of drug-likeness (QED) is 0.0319. The van der Waals surface area contributed by atoms with Crippen molar-refractivity contribution in [2.45, 2.75) is 263 Å². The number of hydrogen-bond donors (Lipinski definition) is 0. The summed E-state index contributed by atoms with van der Waals surface area (Å²) in [6.07, 6.45) is 71.0. The van der Waals surface area contributed by atoms with Crippen LogP contribution in [0.15, 0.2) is 127 Å². The molecule has 1 aliphatic rings. The fourth-order valence-electron chi connectivity index (χ4n) is 10.8. The highest BCUT2D eigenvalue weighted by Gasteiger charge is 2.44. The van der Waals surface area contributed by atoms with E-state index in [2.05, 4.69) is 127 Å². The smallest absolute Gasteiger partial charge is 0.157 e. The number of hydrogen-bond acceptors (Lipinski definition) is 2. The molecule has 0 aromatic heterocycles. The molecule has 0 spiro atoms. The van der Waals surface area contributed by atoms with Gasteiger partial charge in [-0.15, -0.1) is 0 Å². The van der Waals surface area contributed by atoms with Gasteiger partial charge in [-0.1, -0.05) is 245 Å². The Morgan fingerprint density at radius 3 is 0.778 bits per heavy atom. The van der Waals surface area contributed by atoms with Crippen LogP contribution in [0.1, 0.15) is 257 Å². The van der Waals surface area contributed by atoms with Crippen LogP contribution in [0, 0.1) is 0 Å². The van der Waals surface area contributed by atoms with Gasteiger partial charge in [0.1, 0.15) is 23.2 Å². The van der Waals surface area contributed by atoms with Gasteiger partial charge >= 0.3 is 0 Å². The monoisotopic (exact) mass is 1070 g/mol. The lowest BCUT2D eigenvalue weighted by molar-refractivity contribution is -0.0480. The Hall–Kier alpha value is -2.29. The maximum absolute atomic E-state index is 5.52. The lowest BCUT2D eigenvalue weighted by Gasteiger charge is -2.27. The zero-order chi connectivity index (χ0) is 49.5. The van der Waals surface area contributed by atoms with Crippen molar-refractivity contribution in [3.05, 3.63) is 127 Å². The second kappa shape index (κ2) is 47.2. The van der Waals surface area contributed by atoms with Gasteiger partial charge in [0.05, 0.1) is 19.4 Å². The molecule has 1 heterocycles. The number of allylic oxidation sites excluding steroid dienone is 6. The van der Waals surface area contributed by atoms with E-state index in [0.29, 0.717) is 0 Å². The van der Waals surface area contributed by atoms with Crippen LogP contribution in [0.2, 0.25) is 0 Å². The summed E-state index contributed by atoms with van der Waals surface area (Å²) in [5.74, 6) is 0. The molecule has 0 N–H and O–H groups in total. The predicted molar refractivity (Wildman–Crippen MR) is 318 cm³/mol. The second-order valence-corrected chi connectivity index (χ2v) is 24.9. The summed E-state index contributed by atoms with van der Waals surface area (Å²) in [5.41, 5.74) is 0. The van der Waals surface area contributed by atoms with Crippen LogP contribution in [0.3, 0.4) is 0 Å². The zero-order valence-corrected chi connectivity index (χ0v) is 48.7. The first-order chi connectivity index (χ1) is 35.4. The lowest BCUT2D eigenvalue weighted by Crippen LogP contribution is -3.00. The van der Waals surface area contributed by atoms with Crippen LogP contribution in [-0.4, -0.2) is 25.7 Å². The molecule has 404 valence electrons. The molecule has 0 amide bonds. The van der Waals surface area contributed by atoms with Gasteiger partial charge in [-0.25, -0.2) is 0 Å². The van der Waals surface area contributed by atoms with E-state index in [0.717, 1.165) is 19.6 Å². The van der Waals surface area contributed by atoms with Gasteiger partial charge in [-0.3, -0.25) is 0 Å². The first-order valence-corrected chi connectivity index (χ1v) is 32.6. The Balaban J connectivity index is 0.0000137. The molecule has 0 unspecified atom stereocenters. The fourth-order valence-corrected chi connectivity index (χ4v) is 15.2. The third kappa shape index (κ3) is 31.6. The largest absolute Gasteiger partial charge is 1.00 e. The summed E-state index contributed by atoms with van der Waals surface area (Å²) in [5, 5.41) is 4.56. The standard InChI is InChI=1S/C68H108O2P.BrH/c1(2-4-6-8-10-12-14-16-18-20-22-24-26-28-30-32-34-36-38-40-42-53-61-68-69-62-63-70-68)3-5-7-9-11-13-15-17-19-21-23-25-27-29-31-33-35-37-39-41-43-54-64-71(65-55-47-44-48-56-65,66-57-49-45-50-58-66)67-59-51-46-52-60-67;/h1-2,23-26,44-52,55-60,68H,3-22,27-43,53-54,61-64H2;1H/q+1;/p-1/b2-1+,25-23+,26-24+;. The summed E-state index contributed by atoms with van der Waals surface area (Å²) >= 11 is 0. The Kier molecular flexibility index (Phi) is 41.9. The molecule has 0 radical (unpaired) electrons. The molecule has 72 heavy (non-hydrogen) atoms. The molecule has 0 saturated carbocycles. The third-order valence-electron chi connectivity index (χ3n) is 15.2. The van der Waals surface area contributed by atoms with Gasteiger partial charge in [-0.05, 0) is 139 Å². The van der Waals surface area contributed by atoms with Gasteiger partial charge in [0, 0.05) is 0 Å². The maximum atomic E-state index is 5.52. The van der Waals surface area contributed by atoms with E-state index in [4.69, 9.17) is 9.47 Å². The van der Waals surface area contributed by atoms with Gasteiger partial charge in [-0.2, -0.15) is 0 Å². The summed E-state index contributed by atoms with van der Waals surface area (Å²) in [7, 11) is -1.67. The van der Waals surface area contributed by atoms with Crippen molar-refractivity contribution in [1.29, 1.82) is 0 Å². The van der Waals surface area contributed by atoms with Crippen molar-refractivity contribution >= 4 is 23.2 Å². The van der Waals surface area contributed by atoms with Gasteiger partial charge in [0.2, 0.25) is 0 Å². The number of ether oxygens (including phenoxy) is 2. The van der Waals surface area contributed by atoms with Crippen LogP contribution in [0.5, 0.6) is 0 Å². The normalized spacial score (nSPS) is 13.3. The highest BCUT2D eigenvalue weighted by molar-refractivity contribution is 7.95. The first-order valence-electron chi connectivity index (χ1n) is 30.6. The molecule has 1 fully saturated rings. The SMILES string of the molecule is C(=C\CCCCCCCCCC/C=C/CCCCCCCCCCC1OCCO1)/CCCCCCCCCC/C=C/CCCCCCCCCCC[P+](c1ccccc1)(c1ccccc1)c1ccccc1.[Br-]. The number of rotatable bonds is 48. The minimum absolute atomic E-state index is 0. The number of unbranched alkanes of at least 4 members (excludes halogenated alkanes) is 35. The molecule has 2 nitrogen and oxygen atoms in total. The average molecular weight is 1070 g/mol. The van der Waals surface area contributed by atoms with E-state index in [1.165, 1.54) is 272 Å². The minimum Gasteiger partial charge on any atom is -1.00 e. The van der Waals surface area contributed by atoms with Gasteiger partial charge in [0.15, 0.2) is 6.29 Å². The molecule has 3 aromatic rings. The molecule has 0 bridgehead atoms. The van der Waals surface area contributed by atoms with Crippen LogP contribution in [-0.2, 0) is 9.47 Å². The van der Waals surface area contributed by atoms with Gasteiger partial charge < -0.3 is 26.5 Å². The molecule has 4 heteroatoms. The molecule has 4 rings (SSSR count). The molecule has 1 saturated heterocycles. The fraction of sp³-hybridized carbons (Fsp3) is 0.647. The van der Waals surface area contributed by atoms with E-state index in [9.17, 15) is 0 Å². The highest BCUT2D eigenvalue weighted by atomic mass is 79.9. The second-order valence-electron chi connectivity index (χ2n) is 21.3. The van der Waals surface area contributed by atoms with E-state index < -0.39 is 7.26 Å². The van der Waals surface area contributed by atoms with Crippen molar-refractivity contribution in [2.24, 2.45) is 0 Å². The van der Waals surface area contributed by atoms with Crippen LogP contribution < -0.4 is 32.9 Å². The molecule has 0 aliphatic carbocycles. The third-order valence-corrected chi connectivity index (χ3v) is 19.7. The van der Waals surface area contributed by atoms with Crippen LogP contribution >= 0.6 is 7.26 Å². The van der Waals surface area contributed by atoms with Crippen molar-refractivity contribution in [3.63, 3.8) is 0 Å². The van der Waals surface area contributed by atoms with Crippen LogP contribution in [0.4, 0.5) is 0 Å². The van der Waals surface area contributed by atoms with Crippen molar-refractivity contribution in [1.82, 2.24) is 0 Å².